The Balaban J connectivity index is 2.93. The van der Waals surface area contributed by atoms with Crippen LogP contribution < -0.4 is 0 Å². The maximum Gasteiger partial charge on any atom is 0.309 e. The summed E-state index contributed by atoms with van der Waals surface area (Å²) in [6.07, 6.45) is 2.62. The zero-order chi connectivity index (χ0) is 13.4. The number of carbonyl (C=O) groups excluding carboxylic acids is 2. The van der Waals surface area contributed by atoms with Crippen LogP contribution in [-0.2, 0) is 14.4 Å². The van der Waals surface area contributed by atoms with Crippen molar-refractivity contribution in [2.45, 2.75) is 39.7 Å². The number of rotatable bonds is 4. The first-order chi connectivity index (χ1) is 7.58. The fraction of sp³-hybridized carbons (Fsp3) is 0.583. The first kappa shape index (κ1) is 13.4. The van der Waals surface area contributed by atoms with E-state index in [-0.39, 0.29) is 18.2 Å². The quantitative estimate of drug-likeness (QED) is 0.748. The Kier molecular flexibility index (Phi) is 3.14. The zero-order valence-electron chi connectivity index (χ0n) is 10.5. The first-order valence-corrected chi connectivity index (χ1v) is 5.37. The molecule has 0 spiro atoms. The Morgan fingerprint density at radius 3 is 1.94 bits per heavy atom. The SMILES string of the molecule is CC(C)(CC(C)(C)N1C(=O)C=CC1=O)C(=O)O. The molecule has 0 aromatic rings. The van der Waals surface area contributed by atoms with Gasteiger partial charge in [-0.05, 0) is 34.1 Å². The fourth-order valence-corrected chi connectivity index (χ4v) is 2.23. The largest absolute Gasteiger partial charge is 0.481 e. The lowest BCUT2D eigenvalue weighted by molar-refractivity contribution is -0.153. The number of nitrogens with zero attached hydrogens (tertiary/aromatic N) is 1. The number of amides is 2. The molecule has 0 saturated carbocycles. The molecule has 0 radical (unpaired) electrons. The Labute approximate surface area is 100 Å². The molecule has 5 nitrogen and oxygen atoms in total. The van der Waals surface area contributed by atoms with E-state index in [0.717, 1.165) is 4.90 Å². The molecule has 2 amide bonds. The number of carbonyl (C=O) groups is 3. The molecule has 0 saturated heterocycles. The average Bonchev–Trinajstić information content (AvgIpc) is 2.44. The van der Waals surface area contributed by atoms with Crippen LogP contribution in [0.4, 0.5) is 0 Å². The van der Waals surface area contributed by atoms with Gasteiger partial charge < -0.3 is 5.11 Å². The minimum Gasteiger partial charge on any atom is -0.481 e. The summed E-state index contributed by atoms with van der Waals surface area (Å²) < 4.78 is 0. The number of hydrogen-bond acceptors (Lipinski definition) is 3. The first-order valence-electron chi connectivity index (χ1n) is 5.37. The Morgan fingerprint density at radius 2 is 1.59 bits per heavy atom. The second-order valence-corrected chi connectivity index (χ2v) is 5.52. The Bertz CT molecular complexity index is 389. The van der Waals surface area contributed by atoms with E-state index in [4.69, 9.17) is 5.11 Å². The monoisotopic (exact) mass is 239 g/mol. The third-order valence-corrected chi connectivity index (χ3v) is 2.87. The van der Waals surface area contributed by atoms with Crippen molar-refractivity contribution >= 4 is 17.8 Å². The minimum absolute atomic E-state index is 0.203. The molecular formula is C12H17NO4. The molecular weight excluding hydrogens is 222 g/mol. The molecule has 1 heterocycles. The molecule has 0 aromatic heterocycles. The average molecular weight is 239 g/mol. The summed E-state index contributed by atoms with van der Waals surface area (Å²) in [7, 11) is 0. The van der Waals surface area contributed by atoms with Gasteiger partial charge in [0.15, 0.2) is 0 Å². The van der Waals surface area contributed by atoms with Gasteiger partial charge in [-0.25, -0.2) is 0 Å². The maximum atomic E-state index is 11.6. The summed E-state index contributed by atoms with van der Waals surface area (Å²) in [5.41, 5.74) is -1.81. The number of carboxylic acid groups (broad SMARTS) is 1. The van der Waals surface area contributed by atoms with Gasteiger partial charge in [0.05, 0.1) is 5.41 Å². The van der Waals surface area contributed by atoms with E-state index in [1.54, 1.807) is 27.7 Å². The topological polar surface area (TPSA) is 74.7 Å². The summed E-state index contributed by atoms with van der Waals surface area (Å²) in [5.74, 6) is -1.72. The van der Waals surface area contributed by atoms with Gasteiger partial charge in [-0.15, -0.1) is 0 Å². The van der Waals surface area contributed by atoms with Crippen molar-refractivity contribution in [1.82, 2.24) is 4.90 Å². The standard InChI is InChI=1S/C12H17NO4/c1-11(2,10(16)17)7-12(3,4)13-8(14)5-6-9(13)15/h5-6H,7H2,1-4H3,(H,16,17). The predicted octanol–water partition coefficient (Wildman–Crippen LogP) is 1.19. The van der Waals surface area contributed by atoms with E-state index >= 15 is 0 Å². The molecule has 1 rings (SSSR count). The number of carboxylic acids is 1. The van der Waals surface area contributed by atoms with Crippen molar-refractivity contribution in [3.8, 4) is 0 Å². The predicted molar refractivity (Wildman–Crippen MR) is 61.1 cm³/mol. The highest BCUT2D eigenvalue weighted by molar-refractivity contribution is 6.13. The molecule has 5 heteroatoms. The van der Waals surface area contributed by atoms with E-state index in [9.17, 15) is 14.4 Å². The highest BCUT2D eigenvalue weighted by atomic mass is 16.4. The van der Waals surface area contributed by atoms with Crippen molar-refractivity contribution in [2.24, 2.45) is 5.41 Å². The van der Waals surface area contributed by atoms with Crippen LogP contribution in [-0.4, -0.2) is 33.3 Å². The summed E-state index contributed by atoms with van der Waals surface area (Å²) in [5, 5.41) is 9.08. The normalized spacial score (nSPS) is 16.8. The van der Waals surface area contributed by atoms with Crippen molar-refractivity contribution in [3.63, 3.8) is 0 Å². The van der Waals surface area contributed by atoms with E-state index in [1.807, 2.05) is 0 Å². The van der Waals surface area contributed by atoms with E-state index in [2.05, 4.69) is 0 Å². The van der Waals surface area contributed by atoms with Gasteiger partial charge in [-0.3, -0.25) is 19.3 Å². The van der Waals surface area contributed by atoms with E-state index in [0.29, 0.717) is 0 Å². The van der Waals surface area contributed by atoms with Crippen LogP contribution in [0.15, 0.2) is 12.2 Å². The van der Waals surface area contributed by atoms with Crippen molar-refractivity contribution in [3.05, 3.63) is 12.2 Å². The lowest BCUT2D eigenvalue weighted by Crippen LogP contribution is -2.51. The van der Waals surface area contributed by atoms with Crippen molar-refractivity contribution in [1.29, 1.82) is 0 Å². The highest BCUT2D eigenvalue weighted by Gasteiger charge is 2.43. The second-order valence-electron chi connectivity index (χ2n) is 5.52. The van der Waals surface area contributed by atoms with Crippen LogP contribution in [0.2, 0.25) is 0 Å². The fourth-order valence-electron chi connectivity index (χ4n) is 2.23. The molecule has 1 aliphatic heterocycles. The van der Waals surface area contributed by atoms with E-state index in [1.165, 1.54) is 12.2 Å². The number of hydrogen-bond donors (Lipinski definition) is 1. The zero-order valence-corrected chi connectivity index (χ0v) is 10.5. The third-order valence-electron chi connectivity index (χ3n) is 2.87. The summed E-state index contributed by atoms with van der Waals surface area (Å²) in [4.78, 5) is 35.3. The molecule has 0 bridgehead atoms. The summed E-state index contributed by atoms with van der Waals surface area (Å²) >= 11 is 0. The van der Waals surface area contributed by atoms with Gasteiger partial charge in [0.1, 0.15) is 0 Å². The van der Waals surface area contributed by atoms with Crippen molar-refractivity contribution < 1.29 is 19.5 Å². The van der Waals surface area contributed by atoms with Gasteiger partial charge in [0.2, 0.25) is 0 Å². The minimum atomic E-state index is -0.993. The maximum absolute atomic E-state index is 11.6. The Hall–Kier alpha value is -1.65. The van der Waals surface area contributed by atoms with Crippen LogP contribution in [0.25, 0.3) is 0 Å². The van der Waals surface area contributed by atoms with Gasteiger partial charge in [0.25, 0.3) is 11.8 Å². The number of imide groups is 1. The van der Waals surface area contributed by atoms with Crippen LogP contribution in [0, 0.1) is 5.41 Å². The molecule has 94 valence electrons. The molecule has 0 aliphatic carbocycles. The summed E-state index contributed by atoms with van der Waals surface area (Å²) in [6, 6.07) is 0. The Morgan fingerprint density at radius 1 is 1.18 bits per heavy atom. The van der Waals surface area contributed by atoms with E-state index < -0.39 is 16.9 Å². The van der Waals surface area contributed by atoms with Crippen LogP contribution in [0.5, 0.6) is 0 Å². The van der Waals surface area contributed by atoms with Gasteiger partial charge in [0, 0.05) is 17.7 Å². The van der Waals surface area contributed by atoms with Gasteiger partial charge in [-0.1, -0.05) is 0 Å². The lowest BCUT2D eigenvalue weighted by Gasteiger charge is -2.38. The molecule has 0 fully saturated rings. The highest BCUT2D eigenvalue weighted by Crippen LogP contribution is 2.33. The third kappa shape index (κ3) is 2.54. The number of aliphatic carboxylic acids is 1. The van der Waals surface area contributed by atoms with Crippen molar-refractivity contribution in [2.75, 3.05) is 0 Å². The molecule has 1 aliphatic rings. The second kappa shape index (κ2) is 3.98. The smallest absolute Gasteiger partial charge is 0.309 e. The molecule has 0 unspecified atom stereocenters. The summed E-state index contributed by atoms with van der Waals surface area (Å²) in [6.45, 7) is 6.55. The van der Waals surface area contributed by atoms with Crippen LogP contribution in [0.1, 0.15) is 34.1 Å². The molecule has 0 aromatic carbocycles. The van der Waals surface area contributed by atoms with Gasteiger partial charge in [-0.2, -0.15) is 0 Å². The molecule has 0 atom stereocenters. The van der Waals surface area contributed by atoms with Gasteiger partial charge >= 0.3 is 5.97 Å². The van der Waals surface area contributed by atoms with Crippen LogP contribution >= 0.6 is 0 Å². The van der Waals surface area contributed by atoms with Crippen LogP contribution in [0.3, 0.4) is 0 Å². The lowest BCUT2D eigenvalue weighted by atomic mass is 9.79. The molecule has 17 heavy (non-hydrogen) atoms. The molecule has 1 N–H and O–H groups in total.